The van der Waals surface area contributed by atoms with Crippen LogP contribution in [0.4, 0.5) is 5.69 Å². The number of amides is 2. The smallest absolute Gasteiger partial charge is 0.227 e. The van der Waals surface area contributed by atoms with Crippen LogP contribution in [-0.2, 0) is 9.59 Å². The van der Waals surface area contributed by atoms with E-state index in [1.165, 1.54) is 19.3 Å². The molecule has 1 saturated heterocycles. The summed E-state index contributed by atoms with van der Waals surface area (Å²) in [6, 6.07) is 15.4. The molecular formula is C26H32N2O4. The van der Waals surface area contributed by atoms with E-state index < -0.39 is 0 Å². The molecule has 1 saturated carbocycles. The van der Waals surface area contributed by atoms with E-state index in [9.17, 15) is 9.59 Å². The third kappa shape index (κ3) is 4.90. The van der Waals surface area contributed by atoms with Crippen molar-refractivity contribution in [2.75, 3.05) is 26.1 Å². The molecule has 0 aromatic heterocycles. The number of rotatable bonds is 7. The molecule has 1 N–H and O–H groups in total. The number of carbonyl (C=O) groups excluding carboxylic acids is 2. The highest BCUT2D eigenvalue weighted by atomic mass is 16.5. The normalized spacial score (nSPS) is 21.4. The number of benzene rings is 2. The number of anilines is 1. The average Bonchev–Trinajstić information content (AvgIpc) is 3.16. The van der Waals surface area contributed by atoms with Gasteiger partial charge in [0.2, 0.25) is 11.8 Å². The molecule has 1 heterocycles. The van der Waals surface area contributed by atoms with Crippen LogP contribution < -0.4 is 14.8 Å². The molecule has 0 spiro atoms. The van der Waals surface area contributed by atoms with Crippen molar-refractivity contribution in [3.8, 4) is 11.5 Å². The molecule has 0 unspecified atom stereocenters. The highest BCUT2D eigenvalue weighted by Crippen LogP contribution is 2.39. The molecule has 2 aromatic carbocycles. The third-order valence-corrected chi connectivity index (χ3v) is 6.82. The summed E-state index contributed by atoms with van der Waals surface area (Å²) in [4.78, 5) is 28.4. The van der Waals surface area contributed by atoms with Crippen molar-refractivity contribution < 1.29 is 19.1 Å². The van der Waals surface area contributed by atoms with Crippen LogP contribution in [0.5, 0.6) is 11.5 Å². The van der Waals surface area contributed by atoms with Crippen molar-refractivity contribution in [1.29, 1.82) is 0 Å². The van der Waals surface area contributed by atoms with Crippen molar-refractivity contribution in [1.82, 2.24) is 4.90 Å². The van der Waals surface area contributed by atoms with Crippen molar-refractivity contribution in [3.05, 3.63) is 54.1 Å². The summed E-state index contributed by atoms with van der Waals surface area (Å²) in [5.41, 5.74) is 1.78. The molecule has 4 rings (SSSR count). The number of ether oxygens (including phenoxy) is 2. The van der Waals surface area contributed by atoms with E-state index in [4.69, 9.17) is 9.47 Å². The second-order valence-electron chi connectivity index (χ2n) is 8.75. The summed E-state index contributed by atoms with van der Waals surface area (Å²) < 4.78 is 10.5. The van der Waals surface area contributed by atoms with E-state index in [-0.39, 0.29) is 30.1 Å². The zero-order chi connectivity index (χ0) is 22.5. The van der Waals surface area contributed by atoms with Crippen molar-refractivity contribution in [2.24, 2.45) is 5.92 Å². The molecule has 2 aromatic rings. The molecule has 170 valence electrons. The third-order valence-electron chi connectivity index (χ3n) is 6.82. The van der Waals surface area contributed by atoms with Gasteiger partial charge in [-0.3, -0.25) is 9.59 Å². The molecule has 32 heavy (non-hydrogen) atoms. The molecule has 1 aliphatic carbocycles. The fourth-order valence-corrected chi connectivity index (χ4v) is 5.04. The Bertz CT molecular complexity index is 920. The summed E-state index contributed by atoms with van der Waals surface area (Å²) in [5, 5.41) is 2.94. The Morgan fingerprint density at radius 1 is 0.938 bits per heavy atom. The monoisotopic (exact) mass is 436 g/mol. The van der Waals surface area contributed by atoms with Crippen LogP contribution in [0.1, 0.15) is 50.0 Å². The van der Waals surface area contributed by atoms with Gasteiger partial charge in [0.1, 0.15) is 11.5 Å². The summed E-state index contributed by atoms with van der Waals surface area (Å²) >= 11 is 0. The van der Waals surface area contributed by atoms with Gasteiger partial charge in [0, 0.05) is 30.6 Å². The first-order valence-corrected chi connectivity index (χ1v) is 11.5. The van der Waals surface area contributed by atoms with Gasteiger partial charge in [-0.05, 0) is 54.8 Å². The number of hydrogen-bond acceptors (Lipinski definition) is 4. The zero-order valence-corrected chi connectivity index (χ0v) is 18.9. The second kappa shape index (κ2) is 10.1. The lowest BCUT2D eigenvalue weighted by molar-refractivity contribution is -0.135. The Morgan fingerprint density at radius 2 is 1.53 bits per heavy atom. The molecule has 0 radical (unpaired) electrons. The first-order valence-electron chi connectivity index (χ1n) is 11.5. The predicted octanol–water partition coefficient (Wildman–Crippen LogP) is 4.61. The zero-order valence-electron chi connectivity index (χ0n) is 18.9. The molecule has 0 bridgehead atoms. The van der Waals surface area contributed by atoms with E-state index >= 15 is 0 Å². The Labute approximate surface area is 189 Å². The van der Waals surface area contributed by atoms with Gasteiger partial charge in [-0.1, -0.05) is 31.4 Å². The minimum Gasteiger partial charge on any atom is -0.497 e. The van der Waals surface area contributed by atoms with Gasteiger partial charge in [0.05, 0.1) is 20.1 Å². The maximum Gasteiger partial charge on any atom is 0.227 e. The number of nitrogens with one attached hydrogen (secondary N) is 1. The highest BCUT2D eigenvalue weighted by molar-refractivity contribution is 5.95. The van der Waals surface area contributed by atoms with E-state index in [0.29, 0.717) is 18.3 Å². The lowest BCUT2D eigenvalue weighted by Crippen LogP contribution is -2.39. The molecule has 2 amide bonds. The minimum absolute atomic E-state index is 0.00282. The van der Waals surface area contributed by atoms with Crippen LogP contribution in [0.3, 0.4) is 0 Å². The van der Waals surface area contributed by atoms with E-state index in [2.05, 4.69) is 10.2 Å². The quantitative estimate of drug-likeness (QED) is 0.688. The largest absolute Gasteiger partial charge is 0.497 e. The van der Waals surface area contributed by atoms with Crippen molar-refractivity contribution >= 4 is 17.5 Å². The molecule has 2 aliphatic rings. The molecule has 1 aliphatic heterocycles. The fourth-order valence-electron chi connectivity index (χ4n) is 5.04. The first-order chi connectivity index (χ1) is 15.6. The topological polar surface area (TPSA) is 67.9 Å². The number of carbonyl (C=O) groups is 2. The number of nitrogens with zero attached hydrogens (tertiary/aromatic N) is 1. The van der Waals surface area contributed by atoms with Crippen LogP contribution in [0.2, 0.25) is 0 Å². The van der Waals surface area contributed by atoms with E-state index in [1.807, 2.05) is 36.4 Å². The van der Waals surface area contributed by atoms with Gasteiger partial charge in [0.15, 0.2) is 0 Å². The van der Waals surface area contributed by atoms with Gasteiger partial charge in [-0.15, -0.1) is 0 Å². The van der Waals surface area contributed by atoms with Crippen LogP contribution in [0.25, 0.3) is 0 Å². The Morgan fingerprint density at radius 3 is 2.12 bits per heavy atom. The summed E-state index contributed by atoms with van der Waals surface area (Å²) in [6.07, 6.45) is 5.88. The van der Waals surface area contributed by atoms with Crippen LogP contribution in [0.15, 0.2) is 48.5 Å². The van der Waals surface area contributed by atoms with E-state index in [1.54, 1.807) is 26.4 Å². The van der Waals surface area contributed by atoms with Gasteiger partial charge in [-0.2, -0.15) is 0 Å². The van der Waals surface area contributed by atoms with Gasteiger partial charge < -0.3 is 19.7 Å². The Balaban J connectivity index is 1.51. The fraction of sp³-hybridized carbons (Fsp3) is 0.462. The highest BCUT2D eigenvalue weighted by Gasteiger charge is 2.44. The second-order valence-corrected chi connectivity index (χ2v) is 8.75. The van der Waals surface area contributed by atoms with Gasteiger partial charge >= 0.3 is 0 Å². The molecule has 2 atom stereocenters. The van der Waals surface area contributed by atoms with Crippen LogP contribution in [0, 0.1) is 5.92 Å². The number of methoxy groups -OCH3 is 2. The van der Waals surface area contributed by atoms with Crippen molar-refractivity contribution in [2.45, 2.75) is 50.5 Å². The molecular weight excluding hydrogens is 404 g/mol. The lowest BCUT2D eigenvalue weighted by Gasteiger charge is -2.31. The number of hydrogen-bond donors (Lipinski definition) is 1. The van der Waals surface area contributed by atoms with Crippen LogP contribution >= 0.6 is 0 Å². The summed E-state index contributed by atoms with van der Waals surface area (Å²) in [6.45, 7) is 0.677. The van der Waals surface area contributed by atoms with Crippen molar-refractivity contribution in [3.63, 3.8) is 0 Å². The van der Waals surface area contributed by atoms with Gasteiger partial charge in [-0.25, -0.2) is 0 Å². The maximum atomic E-state index is 13.5. The molecule has 6 heteroatoms. The Hall–Kier alpha value is -3.02. The molecule has 2 fully saturated rings. The lowest BCUT2D eigenvalue weighted by atomic mass is 9.86. The summed E-state index contributed by atoms with van der Waals surface area (Å²) in [5.74, 6) is 1.13. The standard InChI is InChI=1S/C26H32N2O4/c1-31-21-12-8-18(9-13-21)24-17-28(20-6-4-3-5-7-20)26(30)23(24)16-25(29)27-19-10-14-22(32-2)15-11-19/h8-15,20,23-24H,3-7,16-17H2,1-2H3,(H,27,29)/t23-,24-/m1/s1. The van der Waals surface area contributed by atoms with Crippen LogP contribution in [-0.4, -0.2) is 43.5 Å². The minimum atomic E-state index is -0.358. The number of likely N-dealkylation sites (tertiary alicyclic amines) is 1. The SMILES string of the molecule is COc1ccc(NC(=O)C[C@H]2C(=O)N(C3CCCCC3)C[C@@H]2c2ccc(OC)cc2)cc1. The van der Waals surface area contributed by atoms with Gasteiger partial charge in [0.25, 0.3) is 0 Å². The average molecular weight is 437 g/mol. The summed E-state index contributed by atoms with van der Waals surface area (Å²) in [7, 11) is 3.25. The Kier molecular flexibility index (Phi) is 6.98. The predicted molar refractivity (Wildman–Crippen MR) is 124 cm³/mol. The van der Waals surface area contributed by atoms with E-state index in [0.717, 1.165) is 29.9 Å². The first kappa shape index (κ1) is 22.2. The molecule has 6 nitrogen and oxygen atoms in total. The maximum absolute atomic E-state index is 13.5.